The van der Waals surface area contributed by atoms with Gasteiger partial charge in [0, 0.05) is 17.3 Å². The summed E-state index contributed by atoms with van der Waals surface area (Å²) in [4.78, 5) is 0. The van der Waals surface area contributed by atoms with Crippen molar-refractivity contribution < 1.29 is 18.3 Å². The maximum Gasteiger partial charge on any atom is 0.416 e. The molecule has 2 atom stereocenters. The van der Waals surface area contributed by atoms with Crippen LogP contribution in [-0.2, 0) is 6.18 Å². The minimum atomic E-state index is -4.44. The molecule has 1 aliphatic rings. The summed E-state index contributed by atoms with van der Waals surface area (Å²) in [5.74, 6) is 0.371. The van der Waals surface area contributed by atoms with Crippen LogP contribution in [-0.4, -0.2) is 17.3 Å². The van der Waals surface area contributed by atoms with Crippen molar-refractivity contribution in [3.05, 3.63) is 28.8 Å². The van der Waals surface area contributed by atoms with Gasteiger partial charge in [-0.15, -0.1) is 0 Å². The minimum Gasteiger partial charge on any atom is -0.388 e. The van der Waals surface area contributed by atoms with Gasteiger partial charge in [-0.3, -0.25) is 0 Å². The highest BCUT2D eigenvalue weighted by atomic mass is 35.5. The molecule has 1 aliphatic carbocycles. The lowest BCUT2D eigenvalue weighted by Crippen LogP contribution is -2.46. The van der Waals surface area contributed by atoms with Gasteiger partial charge in [-0.1, -0.05) is 32.4 Å². The van der Waals surface area contributed by atoms with E-state index < -0.39 is 17.3 Å². The fraction of sp³-hybridized carbons (Fsp3) is 0.647. The first kappa shape index (κ1) is 18.4. The first-order valence-electron chi connectivity index (χ1n) is 7.73. The van der Waals surface area contributed by atoms with Crippen LogP contribution in [0.25, 0.3) is 0 Å². The van der Waals surface area contributed by atoms with Crippen LogP contribution in [0.3, 0.4) is 0 Å². The number of rotatable bonds is 3. The van der Waals surface area contributed by atoms with E-state index in [0.29, 0.717) is 18.8 Å². The molecule has 1 aromatic carbocycles. The molecular formula is C17H23ClF3NO. The van der Waals surface area contributed by atoms with Gasteiger partial charge in [0.1, 0.15) is 0 Å². The lowest BCUT2D eigenvalue weighted by atomic mass is 9.66. The number of benzene rings is 1. The number of halogens is 4. The molecule has 0 aliphatic heterocycles. The maximum absolute atomic E-state index is 12.8. The zero-order valence-electron chi connectivity index (χ0n) is 13.6. The van der Waals surface area contributed by atoms with Crippen LogP contribution in [0.4, 0.5) is 18.9 Å². The predicted octanol–water partition coefficient (Wildman–Crippen LogP) is 5.35. The van der Waals surface area contributed by atoms with E-state index in [0.717, 1.165) is 18.6 Å². The van der Waals surface area contributed by atoms with Crippen LogP contribution < -0.4 is 5.32 Å². The summed E-state index contributed by atoms with van der Waals surface area (Å²) in [6.45, 7) is 6.51. The van der Waals surface area contributed by atoms with Crippen molar-refractivity contribution in [3.8, 4) is 0 Å². The molecule has 0 spiro atoms. The van der Waals surface area contributed by atoms with E-state index in [2.05, 4.69) is 26.1 Å². The Labute approximate surface area is 140 Å². The number of anilines is 1. The summed E-state index contributed by atoms with van der Waals surface area (Å²) >= 11 is 5.78. The van der Waals surface area contributed by atoms with Gasteiger partial charge in [0.05, 0.1) is 11.2 Å². The van der Waals surface area contributed by atoms with Gasteiger partial charge in [0.15, 0.2) is 0 Å². The average molecular weight is 350 g/mol. The summed E-state index contributed by atoms with van der Waals surface area (Å²) in [6, 6.07) is 3.36. The topological polar surface area (TPSA) is 32.3 Å². The van der Waals surface area contributed by atoms with Crippen LogP contribution in [0, 0.1) is 11.3 Å². The molecule has 1 fully saturated rings. The molecule has 1 aromatic rings. The van der Waals surface area contributed by atoms with E-state index in [4.69, 9.17) is 11.6 Å². The van der Waals surface area contributed by atoms with Crippen LogP contribution >= 0.6 is 11.6 Å². The zero-order chi connectivity index (χ0) is 17.5. The van der Waals surface area contributed by atoms with E-state index in [1.807, 2.05) is 0 Å². The second-order valence-corrected chi connectivity index (χ2v) is 8.10. The Morgan fingerprint density at radius 1 is 1.26 bits per heavy atom. The van der Waals surface area contributed by atoms with Crippen molar-refractivity contribution in [3.63, 3.8) is 0 Å². The normalized spacial score (nSPS) is 27.7. The van der Waals surface area contributed by atoms with E-state index in [1.54, 1.807) is 0 Å². The highest BCUT2D eigenvalue weighted by Crippen LogP contribution is 2.44. The third-order valence-corrected chi connectivity index (χ3v) is 4.50. The first-order valence-corrected chi connectivity index (χ1v) is 8.10. The van der Waals surface area contributed by atoms with Gasteiger partial charge in [-0.05, 0) is 48.8 Å². The van der Waals surface area contributed by atoms with E-state index in [-0.39, 0.29) is 22.7 Å². The van der Waals surface area contributed by atoms with Crippen LogP contribution in [0.5, 0.6) is 0 Å². The third-order valence-electron chi connectivity index (χ3n) is 4.28. The van der Waals surface area contributed by atoms with E-state index in [9.17, 15) is 18.3 Å². The van der Waals surface area contributed by atoms with Crippen molar-refractivity contribution in [1.82, 2.24) is 0 Å². The third kappa shape index (κ3) is 5.01. The van der Waals surface area contributed by atoms with Crippen molar-refractivity contribution in [2.75, 3.05) is 11.9 Å². The molecule has 2 unspecified atom stereocenters. The van der Waals surface area contributed by atoms with Gasteiger partial charge in [-0.2, -0.15) is 13.2 Å². The molecule has 0 heterocycles. The van der Waals surface area contributed by atoms with Crippen LogP contribution in [0.15, 0.2) is 18.2 Å². The molecular weight excluding hydrogens is 327 g/mol. The molecule has 0 aromatic heterocycles. The van der Waals surface area contributed by atoms with Crippen molar-refractivity contribution in [2.24, 2.45) is 11.3 Å². The molecule has 130 valence electrons. The lowest BCUT2D eigenvalue weighted by molar-refractivity contribution is -0.137. The molecule has 1 saturated carbocycles. The number of hydrogen-bond acceptors (Lipinski definition) is 2. The standard InChI is InChI=1S/C17H23ClF3NO/c1-11-7-15(2,3)9-16(23,8-11)10-22-14-5-12(17(19,20)21)4-13(18)6-14/h4-6,11,22-23H,7-10H2,1-3H3. The first-order chi connectivity index (χ1) is 10.4. The minimum absolute atomic E-state index is 0.0135. The number of aliphatic hydroxyl groups is 1. The molecule has 0 amide bonds. The van der Waals surface area contributed by atoms with Gasteiger partial charge in [-0.25, -0.2) is 0 Å². The van der Waals surface area contributed by atoms with E-state index in [1.165, 1.54) is 6.07 Å². The Hall–Kier alpha value is -0.940. The smallest absolute Gasteiger partial charge is 0.388 e. The average Bonchev–Trinajstić information content (AvgIpc) is 2.31. The van der Waals surface area contributed by atoms with Crippen LogP contribution in [0.2, 0.25) is 5.02 Å². The predicted molar refractivity (Wildman–Crippen MR) is 86.7 cm³/mol. The Bertz CT molecular complexity index is 573. The SMILES string of the molecule is CC1CC(C)(C)CC(O)(CNc2cc(Cl)cc(C(F)(F)F)c2)C1. The molecule has 2 rings (SSSR count). The second-order valence-electron chi connectivity index (χ2n) is 7.66. The number of hydrogen-bond donors (Lipinski definition) is 2. The summed E-state index contributed by atoms with van der Waals surface area (Å²) in [5, 5.41) is 13.8. The lowest BCUT2D eigenvalue weighted by Gasteiger charge is -2.44. The van der Waals surface area contributed by atoms with Crippen LogP contribution in [0.1, 0.15) is 45.6 Å². The van der Waals surface area contributed by atoms with Gasteiger partial charge in [0.2, 0.25) is 0 Å². The molecule has 0 radical (unpaired) electrons. The van der Waals surface area contributed by atoms with Gasteiger partial charge >= 0.3 is 6.18 Å². The van der Waals surface area contributed by atoms with Crippen molar-refractivity contribution >= 4 is 17.3 Å². The summed E-state index contributed by atoms with van der Waals surface area (Å²) in [7, 11) is 0. The Balaban J connectivity index is 2.13. The maximum atomic E-state index is 12.8. The fourth-order valence-electron chi connectivity index (χ4n) is 3.96. The molecule has 2 N–H and O–H groups in total. The Morgan fingerprint density at radius 3 is 2.48 bits per heavy atom. The monoisotopic (exact) mass is 349 g/mol. The quantitative estimate of drug-likeness (QED) is 0.771. The van der Waals surface area contributed by atoms with Crippen molar-refractivity contribution in [1.29, 1.82) is 0 Å². The fourth-order valence-corrected chi connectivity index (χ4v) is 4.19. The molecule has 2 nitrogen and oxygen atoms in total. The van der Waals surface area contributed by atoms with Crippen molar-refractivity contribution in [2.45, 2.75) is 51.8 Å². The highest BCUT2D eigenvalue weighted by Gasteiger charge is 2.41. The van der Waals surface area contributed by atoms with E-state index >= 15 is 0 Å². The zero-order valence-corrected chi connectivity index (χ0v) is 14.4. The highest BCUT2D eigenvalue weighted by molar-refractivity contribution is 6.30. The second kappa shape index (κ2) is 6.17. The van der Waals surface area contributed by atoms with Gasteiger partial charge < -0.3 is 10.4 Å². The molecule has 6 heteroatoms. The summed E-state index contributed by atoms with van der Waals surface area (Å²) in [5.41, 5.74) is -1.44. The molecule has 0 saturated heterocycles. The summed E-state index contributed by atoms with van der Waals surface area (Å²) < 4.78 is 38.5. The summed E-state index contributed by atoms with van der Waals surface area (Å²) in [6.07, 6.45) is -2.16. The Morgan fingerprint density at radius 2 is 1.91 bits per heavy atom. The molecule has 23 heavy (non-hydrogen) atoms. The number of alkyl halides is 3. The Kier molecular flexibility index (Phi) is 4.94. The van der Waals surface area contributed by atoms with Gasteiger partial charge in [0.25, 0.3) is 0 Å². The number of nitrogens with one attached hydrogen (secondary N) is 1. The molecule has 0 bridgehead atoms. The largest absolute Gasteiger partial charge is 0.416 e.